The predicted octanol–water partition coefficient (Wildman–Crippen LogP) is 5.82. The lowest BCUT2D eigenvalue weighted by molar-refractivity contribution is 0.573. The summed E-state index contributed by atoms with van der Waals surface area (Å²) in [6, 6.07) is 17.4. The van der Waals surface area contributed by atoms with Crippen molar-refractivity contribution >= 4 is 5.82 Å². The summed E-state index contributed by atoms with van der Waals surface area (Å²) in [5.41, 5.74) is 7.87. The van der Waals surface area contributed by atoms with E-state index in [0.29, 0.717) is 5.41 Å². The van der Waals surface area contributed by atoms with Crippen molar-refractivity contribution in [2.45, 2.75) is 34.1 Å². The zero-order chi connectivity index (χ0) is 18.3. The van der Waals surface area contributed by atoms with Gasteiger partial charge in [0.1, 0.15) is 5.82 Å². The fraction of sp³-hybridized carbons (Fsp3) is 0.348. The molecule has 1 aliphatic rings. The molecule has 1 fully saturated rings. The lowest BCUT2D eigenvalue weighted by Gasteiger charge is -2.06. The van der Waals surface area contributed by atoms with Crippen LogP contribution in [0.3, 0.4) is 0 Å². The van der Waals surface area contributed by atoms with Gasteiger partial charge in [0.05, 0.1) is 5.69 Å². The first-order valence-corrected chi connectivity index (χ1v) is 9.40. The van der Waals surface area contributed by atoms with Crippen molar-refractivity contribution in [1.29, 1.82) is 0 Å². The maximum Gasteiger partial charge on any atom is 0.148 e. The number of nitrogens with one attached hydrogen (secondary N) is 2. The Hall–Kier alpha value is -2.55. The first-order chi connectivity index (χ1) is 12.4. The van der Waals surface area contributed by atoms with Crippen molar-refractivity contribution in [1.82, 2.24) is 10.2 Å². The van der Waals surface area contributed by atoms with Crippen LogP contribution in [0, 0.1) is 25.2 Å². The normalized spacial score (nSPS) is 17.9. The molecule has 0 saturated heterocycles. The van der Waals surface area contributed by atoms with Gasteiger partial charge >= 0.3 is 0 Å². The highest BCUT2D eigenvalue weighted by Crippen LogP contribution is 2.51. The first-order valence-electron chi connectivity index (χ1n) is 9.40. The van der Waals surface area contributed by atoms with E-state index >= 15 is 0 Å². The number of H-pyrrole nitrogens is 1. The quantitative estimate of drug-likeness (QED) is 0.612. The minimum Gasteiger partial charge on any atom is -0.368 e. The molecule has 4 rings (SSSR count). The highest BCUT2D eigenvalue weighted by Gasteiger charge is 2.45. The average Bonchev–Trinajstić information content (AvgIpc) is 3.03. The number of nitrogens with zero attached hydrogens (tertiary/aromatic N) is 1. The third-order valence-electron chi connectivity index (χ3n) is 5.86. The zero-order valence-electron chi connectivity index (χ0n) is 16.1. The van der Waals surface area contributed by atoms with Crippen LogP contribution in [-0.2, 0) is 0 Å². The van der Waals surface area contributed by atoms with E-state index in [-0.39, 0.29) is 0 Å². The topological polar surface area (TPSA) is 40.7 Å². The second-order valence-electron chi connectivity index (χ2n) is 8.31. The van der Waals surface area contributed by atoms with Crippen molar-refractivity contribution in [3.8, 4) is 22.4 Å². The zero-order valence-corrected chi connectivity index (χ0v) is 16.1. The Morgan fingerprint density at radius 3 is 2.27 bits per heavy atom. The third kappa shape index (κ3) is 3.39. The third-order valence-corrected chi connectivity index (χ3v) is 5.86. The molecule has 0 aliphatic heterocycles. The van der Waals surface area contributed by atoms with Crippen LogP contribution in [0.5, 0.6) is 0 Å². The summed E-state index contributed by atoms with van der Waals surface area (Å²) in [5, 5.41) is 11.0. The van der Waals surface area contributed by atoms with Crippen LogP contribution >= 0.6 is 0 Å². The molecule has 26 heavy (non-hydrogen) atoms. The number of aromatic amines is 1. The lowest BCUT2D eigenvalue weighted by Crippen LogP contribution is -2.07. The molecule has 1 aliphatic carbocycles. The van der Waals surface area contributed by atoms with Gasteiger partial charge in [-0.15, -0.1) is 0 Å². The largest absolute Gasteiger partial charge is 0.368 e. The summed E-state index contributed by atoms with van der Waals surface area (Å²) >= 11 is 0. The molecule has 2 aromatic carbocycles. The van der Waals surface area contributed by atoms with Crippen molar-refractivity contribution in [3.05, 3.63) is 59.7 Å². The van der Waals surface area contributed by atoms with Gasteiger partial charge in [0, 0.05) is 12.6 Å². The van der Waals surface area contributed by atoms with Crippen molar-refractivity contribution in [2.75, 3.05) is 11.9 Å². The van der Waals surface area contributed by atoms with Gasteiger partial charge < -0.3 is 5.32 Å². The van der Waals surface area contributed by atoms with E-state index in [1.807, 2.05) is 0 Å². The number of aromatic nitrogens is 2. The van der Waals surface area contributed by atoms with Gasteiger partial charge in [0.15, 0.2) is 0 Å². The van der Waals surface area contributed by atoms with Crippen LogP contribution in [-0.4, -0.2) is 16.7 Å². The average molecular weight is 345 g/mol. The summed E-state index contributed by atoms with van der Waals surface area (Å²) < 4.78 is 0. The van der Waals surface area contributed by atoms with E-state index < -0.39 is 0 Å². The monoisotopic (exact) mass is 345 g/mol. The summed E-state index contributed by atoms with van der Waals surface area (Å²) in [6.45, 7) is 9.97. The highest BCUT2D eigenvalue weighted by atomic mass is 15.2. The molecule has 0 spiro atoms. The minimum atomic E-state index is 0.496. The number of aryl methyl sites for hydroxylation is 2. The predicted molar refractivity (Wildman–Crippen MR) is 109 cm³/mol. The Morgan fingerprint density at radius 1 is 0.962 bits per heavy atom. The van der Waals surface area contributed by atoms with Gasteiger partial charge in [-0.3, -0.25) is 5.10 Å². The van der Waals surface area contributed by atoms with Gasteiger partial charge in [-0.25, -0.2) is 0 Å². The number of hydrogen-bond acceptors (Lipinski definition) is 2. The SMILES string of the molecule is Cc1ccc(-c2ccc(-c3cc(NCC4CC4(C)C)n[nH]3)cc2)cc1C. The molecular formula is C23H27N3. The number of rotatable bonds is 5. The Bertz CT molecular complexity index is 919. The molecule has 1 unspecified atom stereocenters. The molecule has 2 N–H and O–H groups in total. The van der Waals surface area contributed by atoms with E-state index in [1.165, 1.54) is 28.7 Å². The van der Waals surface area contributed by atoms with Crippen molar-refractivity contribution < 1.29 is 0 Å². The Balaban J connectivity index is 1.46. The fourth-order valence-corrected chi connectivity index (χ4v) is 3.48. The van der Waals surface area contributed by atoms with Gasteiger partial charge in [-0.2, -0.15) is 5.10 Å². The van der Waals surface area contributed by atoms with Crippen molar-refractivity contribution in [2.24, 2.45) is 11.3 Å². The highest BCUT2D eigenvalue weighted by molar-refractivity contribution is 5.70. The van der Waals surface area contributed by atoms with E-state index in [1.54, 1.807) is 0 Å². The summed E-state index contributed by atoms with van der Waals surface area (Å²) in [5.74, 6) is 1.70. The van der Waals surface area contributed by atoms with Crippen LogP contribution in [0.1, 0.15) is 31.4 Å². The van der Waals surface area contributed by atoms with Crippen LogP contribution in [0.25, 0.3) is 22.4 Å². The molecule has 3 heteroatoms. The molecule has 1 saturated carbocycles. The molecular weight excluding hydrogens is 318 g/mol. The summed E-state index contributed by atoms with van der Waals surface area (Å²) in [6.07, 6.45) is 1.30. The smallest absolute Gasteiger partial charge is 0.148 e. The Kier molecular flexibility index (Phi) is 4.10. The van der Waals surface area contributed by atoms with E-state index in [2.05, 4.69) is 91.7 Å². The number of hydrogen-bond donors (Lipinski definition) is 2. The molecule has 1 aromatic heterocycles. The molecule has 1 heterocycles. The summed E-state index contributed by atoms with van der Waals surface area (Å²) in [4.78, 5) is 0. The standard InChI is InChI=1S/C23H27N3/c1-15-5-6-19(11-16(15)2)17-7-9-18(10-8-17)21-12-22(26-25-21)24-14-20-13-23(20,3)4/h5-12,20H,13-14H2,1-4H3,(H2,24,25,26). The first kappa shape index (κ1) is 16.9. The second-order valence-corrected chi connectivity index (χ2v) is 8.31. The number of benzene rings is 2. The Labute approximate surface area is 155 Å². The van der Waals surface area contributed by atoms with Gasteiger partial charge in [-0.1, -0.05) is 56.3 Å². The lowest BCUT2D eigenvalue weighted by atomic mass is 9.99. The molecule has 3 aromatic rings. The van der Waals surface area contributed by atoms with Crippen LogP contribution in [0.4, 0.5) is 5.82 Å². The molecule has 0 bridgehead atoms. The van der Waals surface area contributed by atoms with Crippen molar-refractivity contribution in [3.63, 3.8) is 0 Å². The van der Waals surface area contributed by atoms with Gasteiger partial charge in [0.25, 0.3) is 0 Å². The van der Waals surface area contributed by atoms with Gasteiger partial charge in [0.2, 0.25) is 0 Å². The molecule has 0 radical (unpaired) electrons. The van der Waals surface area contributed by atoms with Crippen LogP contribution in [0.15, 0.2) is 48.5 Å². The Morgan fingerprint density at radius 2 is 1.62 bits per heavy atom. The fourth-order valence-electron chi connectivity index (χ4n) is 3.48. The van der Waals surface area contributed by atoms with Crippen LogP contribution < -0.4 is 5.32 Å². The minimum absolute atomic E-state index is 0.496. The second kappa shape index (κ2) is 6.31. The van der Waals surface area contributed by atoms with Crippen LogP contribution in [0.2, 0.25) is 0 Å². The molecule has 0 amide bonds. The molecule has 1 atom stereocenters. The van der Waals surface area contributed by atoms with E-state index in [0.717, 1.165) is 29.5 Å². The van der Waals surface area contributed by atoms with E-state index in [4.69, 9.17) is 0 Å². The molecule has 3 nitrogen and oxygen atoms in total. The number of anilines is 1. The van der Waals surface area contributed by atoms with E-state index in [9.17, 15) is 0 Å². The maximum atomic E-state index is 4.41. The van der Waals surface area contributed by atoms with Gasteiger partial charge in [-0.05, 0) is 59.4 Å². The maximum absolute atomic E-state index is 4.41. The molecule has 134 valence electrons. The summed E-state index contributed by atoms with van der Waals surface area (Å²) in [7, 11) is 0.